The number of nitrogens with zero attached hydrogens (tertiary/aromatic N) is 1. The van der Waals surface area contributed by atoms with Gasteiger partial charge in [-0.25, -0.2) is 4.98 Å². The Labute approximate surface area is 181 Å². The van der Waals surface area contributed by atoms with E-state index in [2.05, 4.69) is 15.3 Å². The van der Waals surface area contributed by atoms with Gasteiger partial charge in [0, 0.05) is 28.8 Å². The van der Waals surface area contributed by atoms with Crippen molar-refractivity contribution in [1.29, 1.82) is 0 Å². The lowest BCUT2D eigenvalue weighted by molar-refractivity contribution is -0.361. The Morgan fingerprint density at radius 1 is 1.10 bits per heavy atom. The highest BCUT2D eigenvalue weighted by molar-refractivity contribution is 5.86. The molecule has 2 aromatic heterocycles. The number of methoxy groups -OCH3 is 1. The molecule has 3 N–H and O–H groups in total. The van der Waals surface area contributed by atoms with Crippen molar-refractivity contribution < 1.29 is 19.6 Å². The summed E-state index contributed by atoms with van der Waals surface area (Å²) in [5.74, 6) is 2.30. The van der Waals surface area contributed by atoms with Crippen LogP contribution in [-0.4, -0.2) is 23.8 Å². The van der Waals surface area contributed by atoms with Gasteiger partial charge in [0.05, 0.1) is 19.9 Å². The highest BCUT2D eigenvalue weighted by Crippen LogP contribution is 2.38. The third kappa shape index (κ3) is 4.23. The third-order valence-corrected chi connectivity index (χ3v) is 5.17. The van der Waals surface area contributed by atoms with Crippen LogP contribution in [0.25, 0.3) is 10.9 Å². The van der Waals surface area contributed by atoms with Crippen LogP contribution in [0.1, 0.15) is 29.7 Å². The quantitative estimate of drug-likeness (QED) is 0.458. The van der Waals surface area contributed by atoms with Crippen LogP contribution < -0.4 is 19.8 Å². The largest absolute Gasteiger partial charge is 0.505 e. The van der Waals surface area contributed by atoms with Gasteiger partial charge >= 0.3 is 0 Å². The molecule has 0 radical (unpaired) electrons. The van der Waals surface area contributed by atoms with Crippen LogP contribution in [0, 0.1) is 6.92 Å². The van der Waals surface area contributed by atoms with Gasteiger partial charge in [-0.15, -0.1) is 0 Å². The number of fused-ring (bicyclic) bond motifs is 1. The van der Waals surface area contributed by atoms with Crippen molar-refractivity contribution in [1.82, 2.24) is 4.98 Å². The number of pyridine rings is 2. The number of aromatic amines is 1. The number of benzene rings is 2. The first-order chi connectivity index (χ1) is 15.1. The van der Waals surface area contributed by atoms with E-state index >= 15 is 0 Å². The SMILES string of the molecule is CCOc1cc(C(Nc2cc(C)cc[nH+]2)c2ccc3cccnc3c2O)ccc1OC. The van der Waals surface area contributed by atoms with Crippen LogP contribution in [0.2, 0.25) is 0 Å². The van der Waals surface area contributed by atoms with E-state index in [-0.39, 0.29) is 11.8 Å². The number of aryl methyl sites for hydroxylation is 1. The summed E-state index contributed by atoms with van der Waals surface area (Å²) in [4.78, 5) is 7.62. The number of aromatic nitrogens is 2. The first-order valence-electron chi connectivity index (χ1n) is 10.2. The van der Waals surface area contributed by atoms with Crippen molar-refractivity contribution in [3.63, 3.8) is 0 Å². The molecular weight excluding hydrogens is 390 g/mol. The summed E-state index contributed by atoms with van der Waals surface area (Å²) in [6, 6.07) is 17.2. The molecule has 0 aliphatic carbocycles. The molecule has 1 unspecified atom stereocenters. The molecule has 1 atom stereocenters. The van der Waals surface area contributed by atoms with E-state index in [9.17, 15) is 5.11 Å². The minimum Gasteiger partial charge on any atom is -0.505 e. The summed E-state index contributed by atoms with van der Waals surface area (Å²) in [5.41, 5.74) is 3.33. The highest BCUT2D eigenvalue weighted by Gasteiger charge is 2.25. The molecule has 6 nitrogen and oxygen atoms in total. The van der Waals surface area contributed by atoms with Crippen molar-refractivity contribution in [3.05, 3.63) is 83.7 Å². The molecule has 0 fully saturated rings. The number of aromatic hydroxyl groups is 1. The molecule has 6 heteroatoms. The summed E-state index contributed by atoms with van der Waals surface area (Å²) in [7, 11) is 1.62. The zero-order valence-electron chi connectivity index (χ0n) is 17.8. The predicted octanol–water partition coefficient (Wildman–Crippen LogP) is 4.67. The van der Waals surface area contributed by atoms with Gasteiger partial charge < -0.3 is 14.6 Å². The summed E-state index contributed by atoms with van der Waals surface area (Å²) >= 11 is 0. The second kappa shape index (κ2) is 8.92. The molecular formula is C25H26N3O3+. The zero-order valence-corrected chi connectivity index (χ0v) is 17.8. The Balaban J connectivity index is 1.86. The van der Waals surface area contributed by atoms with E-state index in [0.29, 0.717) is 29.2 Å². The molecule has 31 heavy (non-hydrogen) atoms. The number of H-pyrrole nitrogens is 1. The van der Waals surface area contributed by atoms with E-state index in [0.717, 1.165) is 22.3 Å². The van der Waals surface area contributed by atoms with Gasteiger partial charge in [-0.05, 0) is 49.7 Å². The van der Waals surface area contributed by atoms with Crippen molar-refractivity contribution in [2.45, 2.75) is 19.9 Å². The molecule has 2 heterocycles. The molecule has 4 rings (SSSR count). The maximum atomic E-state index is 11.1. The lowest BCUT2D eigenvalue weighted by Gasteiger charge is -2.19. The Kier molecular flexibility index (Phi) is 5.89. The maximum absolute atomic E-state index is 11.1. The van der Waals surface area contributed by atoms with Gasteiger partial charge in [0.2, 0.25) is 0 Å². The minimum atomic E-state index is -0.352. The van der Waals surface area contributed by atoms with E-state index in [1.165, 1.54) is 0 Å². The second-order valence-electron chi connectivity index (χ2n) is 7.28. The number of anilines is 1. The van der Waals surface area contributed by atoms with Crippen LogP contribution in [0.15, 0.2) is 67.0 Å². The van der Waals surface area contributed by atoms with E-state index in [1.807, 2.05) is 74.6 Å². The van der Waals surface area contributed by atoms with Crippen LogP contribution in [0.3, 0.4) is 0 Å². The number of hydrogen-bond donors (Lipinski definition) is 2. The normalized spacial score (nSPS) is 11.8. The fourth-order valence-electron chi connectivity index (χ4n) is 3.68. The molecule has 0 amide bonds. The average Bonchev–Trinajstić information content (AvgIpc) is 2.78. The maximum Gasteiger partial charge on any atom is 0.273 e. The van der Waals surface area contributed by atoms with Crippen molar-refractivity contribution in [2.75, 3.05) is 19.0 Å². The standard InChI is InChI=1S/C25H25N3O3/c1-4-31-21-15-18(8-10-20(21)30-3)23(28-22-14-16(2)11-13-26-22)19-9-7-17-6-5-12-27-24(17)25(19)29/h5-15,23,29H,4H2,1-3H3,(H,26,28)/p+1. The number of nitrogens with one attached hydrogen (secondary N) is 2. The Morgan fingerprint density at radius 3 is 2.74 bits per heavy atom. The number of hydrogen-bond acceptors (Lipinski definition) is 5. The van der Waals surface area contributed by atoms with E-state index in [4.69, 9.17) is 9.47 Å². The molecule has 0 aliphatic heterocycles. The predicted molar refractivity (Wildman–Crippen MR) is 121 cm³/mol. The van der Waals surface area contributed by atoms with Gasteiger partial charge in [0.15, 0.2) is 11.5 Å². The first-order valence-corrected chi connectivity index (χ1v) is 10.2. The van der Waals surface area contributed by atoms with Gasteiger partial charge in [-0.2, -0.15) is 0 Å². The summed E-state index contributed by atoms with van der Waals surface area (Å²) in [6.45, 7) is 4.49. The number of rotatable bonds is 7. The Hall–Kier alpha value is -3.80. The summed E-state index contributed by atoms with van der Waals surface area (Å²) < 4.78 is 11.2. The van der Waals surface area contributed by atoms with Crippen LogP contribution in [-0.2, 0) is 0 Å². The first kappa shape index (κ1) is 20.5. The van der Waals surface area contributed by atoms with Crippen LogP contribution in [0.5, 0.6) is 17.2 Å². The average molecular weight is 417 g/mol. The van der Waals surface area contributed by atoms with E-state index in [1.54, 1.807) is 13.3 Å². The van der Waals surface area contributed by atoms with Gasteiger partial charge in [-0.1, -0.05) is 18.2 Å². The third-order valence-electron chi connectivity index (χ3n) is 5.17. The fourth-order valence-corrected chi connectivity index (χ4v) is 3.68. The molecule has 0 saturated heterocycles. The lowest BCUT2D eigenvalue weighted by Crippen LogP contribution is -2.19. The molecule has 158 valence electrons. The highest BCUT2D eigenvalue weighted by atomic mass is 16.5. The summed E-state index contributed by atoms with van der Waals surface area (Å²) in [5, 5.41) is 15.5. The van der Waals surface area contributed by atoms with Crippen molar-refractivity contribution in [3.8, 4) is 17.2 Å². The van der Waals surface area contributed by atoms with Crippen molar-refractivity contribution in [2.24, 2.45) is 0 Å². The number of ether oxygens (including phenoxy) is 2. The van der Waals surface area contributed by atoms with Crippen LogP contribution >= 0.6 is 0 Å². The van der Waals surface area contributed by atoms with E-state index < -0.39 is 0 Å². The zero-order chi connectivity index (χ0) is 21.8. The van der Waals surface area contributed by atoms with Gasteiger partial charge in [0.1, 0.15) is 17.3 Å². The second-order valence-corrected chi connectivity index (χ2v) is 7.28. The molecule has 0 saturated carbocycles. The topological polar surface area (TPSA) is 77.8 Å². The lowest BCUT2D eigenvalue weighted by atomic mass is 9.95. The minimum absolute atomic E-state index is 0.150. The Bertz CT molecular complexity index is 1210. The van der Waals surface area contributed by atoms with Gasteiger partial charge in [-0.3, -0.25) is 10.3 Å². The fraction of sp³-hybridized carbons (Fsp3) is 0.200. The molecule has 0 bridgehead atoms. The molecule has 2 aromatic carbocycles. The molecule has 0 aliphatic rings. The monoisotopic (exact) mass is 416 g/mol. The van der Waals surface area contributed by atoms with Gasteiger partial charge in [0.25, 0.3) is 5.82 Å². The molecule has 0 spiro atoms. The molecule has 4 aromatic rings. The Morgan fingerprint density at radius 2 is 1.97 bits per heavy atom. The van der Waals surface area contributed by atoms with Crippen LogP contribution in [0.4, 0.5) is 5.82 Å². The number of phenols is 1. The summed E-state index contributed by atoms with van der Waals surface area (Å²) in [6.07, 6.45) is 3.57. The number of phenolic OH excluding ortho intramolecular Hbond substituents is 1. The smallest absolute Gasteiger partial charge is 0.273 e. The van der Waals surface area contributed by atoms with Crippen molar-refractivity contribution >= 4 is 16.7 Å².